The van der Waals surface area contributed by atoms with E-state index in [1.807, 2.05) is 6.07 Å². The third-order valence-electron chi connectivity index (χ3n) is 6.42. The zero-order chi connectivity index (χ0) is 30.6. The van der Waals surface area contributed by atoms with Crippen LogP contribution in [0.25, 0.3) is 22.5 Å². The summed E-state index contributed by atoms with van der Waals surface area (Å²) in [5.74, 6) is 0.249. The molecule has 0 atom stereocenters. The maximum atomic E-state index is 13.0. The summed E-state index contributed by atoms with van der Waals surface area (Å²) in [6, 6.07) is 14.2. The number of benzene rings is 3. The molecule has 1 heterocycles. The first-order valence-electron chi connectivity index (χ1n) is 13.1. The number of nitrogens with zero attached hydrogens (tertiary/aromatic N) is 3. The molecule has 2 amide bonds. The lowest BCUT2D eigenvalue weighted by atomic mass is 9.94. The van der Waals surface area contributed by atoms with Gasteiger partial charge in [0.25, 0.3) is 0 Å². The topological polar surface area (TPSA) is 114 Å². The number of aromatic nitrogens is 4. The predicted molar refractivity (Wildman–Crippen MR) is 143 cm³/mol. The first-order chi connectivity index (χ1) is 20.4. The third kappa shape index (κ3) is 8.36. The van der Waals surface area contributed by atoms with Crippen molar-refractivity contribution in [3.05, 3.63) is 66.2 Å². The molecule has 4 aromatic rings. The van der Waals surface area contributed by atoms with E-state index in [-0.39, 0.29) is 17.1 Å². The molecular formula is C28H24F6N6O3. The highest BCUT2D eigenvalue weighted by Gasteiger charge is 2.31. The molecule has 1 saturated carbocycles. The quantitative estimate of drug-likeness (QED) is 0.163. The van der Waals surface area contributed by atoms with Crippen molar-refractivity contribution in [3.63, 3.8) is 0 Å². The van der Waals surface area contributed by atoms with E-state index in [1.54, 1.807) is 30.3 Å². The number of hydrogen-bond donors (Lipinski definition) is 3. The second kappa shape index (κ2) is 12.2. The highest BCUT2D eigenvalue weighted by Crippen LogP contribution is 2.42. The van der Waals surface area contributed by atoms with E-state index in [0.29, 0.717) is 40.4 Å². The summed E-state index contributed by atoms with van der Waals surface area (Å²) in [6.45, 7) is -0.670. The molecule has 0 spiro atoms. The number of H-pyrrole nitrogens is 1. The lowest BCUT2D eigenvalue weighted by molar-refractivity contribution is -0.274. The number of ether oxygens (including phenoxy) is 2. The number of aromatic amines is 1. The molecule has 0 bridgehead atoms. The lowest BCUT2D eigenvalue weighted by Crippen LogP contribution is -2.21. The van der Waals surface area contributed by atoms with E-state index in [9.17, 15) is 31.1 Å². The van der Waals surface area contributed by atoms with Crippen LogP contribution in [-0.2, 0) is 6.42 Å². The van der Waals surface area contributed by atoms with Crippen molar-refractivity contribution in [3.8, 4) is 34.0 Å². The standard InChI is InChI=1S/C28H24F6N6O3/c29-27(30,31)11-12-42-24-18(13-16-5-6-16)14-17(21-3-1-2-4-22(21)25-37-39-40-38-25)15-23(24)36-26(41)35-19-7-9-20(10-8-19)43-28(32,33)34/h1-4,7-10,14-16H,5-6,11-13H2,(H2,35,36,41)(H,37,38,39,40). The predicted octanol–water partition coefficient (Wildman–Crippen LogP) is 7.36. The Morgan fingerprint density at radius 2 is 1.67 bits per heavy atom. The number of anilines is 2. The van der Waals surface area contributed by atoms with Crippen LogP contribution >= 0.6 is 0 Å². The Labute approximate surface area is 240 Å². The Morgan fingerprint density at radius 3 is 2.30 bits per heavy atom. The van der Waals surface area contributed by atoms with Gasteiger partial charge in [-0.2, -0.15) is 18.4 Å². The van der Waals surface area contributed by atoms with E-state index in [4.69, 9.17) is 4.74 Å². The van der Waals surface area contributed by atoms with Crippen LogP contribution in [-0.4, -0.2) is 45.8 Å². The average Bonchev–Trinajstić information content (AvgIpc) is 3.57. The minimum absolute atomic E-state index is 0.0982. The molecule has 1 aromatic heterocycles. The first-order valence-corrected chi connectivity index (χ1v) is 13.1. The van der Waals surface area contributed by atoms with Gasteiger partial charge in [-0.15, -0.1) is 23.4 Å². The van der Waals surface area contributed by atoms with Crippen molar-refractivity contribution < 1.29 is 40.6 Å². The second-order valence-corrected chi connectivity index (χ2v) is 9.81. The van der Waals surface area contributed by atoms with Crippen LogP contribution in [0.4, 0.5) is 42.5 Å². The number of rotatable bonds is 10. The number of carbonyl (C=O) groups excluding carboxylic acids is 1. The molecule has 0 saturated heterocycles. The SMILES string of the molecule is O=C(Nc1ccc(OC(F)(F)F)cc1)Nc1cc(-c2ccccc2-c2nn[nH]n2)cc(CC2CC2)c1OCCC(F)(F)F. The molecular weight excluding hydrogens is 582 g/mol. The van der Waals surface area contributed by atoms with Gasteiger partial charge in [0.15, 0.2) is 0 Å². The van der Waals surface area contributed by atoms with Crippen LogP contribution < -0.4 is 20.1 Å². The monoisotopic (exact) mass is 606 g/mol. The number of amides is 2. The fourth-order valence-corrected chi connectivity index (χ4v) is 4.39. The van der Waals surface area contributed by atoms with Crippen molar-refractivity contribution >= 4 is 17.4 Å². The van der Waals surface area contributed by atoms with Crippen LogP contribution in [0.15, 0.2) is 60.7 Å². The van der Waals surface area contributed by atoms with Gasteiger partial charge in [0.2, 0.25) is 5.82 Å². The Hall–Kier alpha value is -4.82. The Kier molecular flexibility index (Phi) is 8.41. The maximum absolute atomic E-state index is 13.0. The first kappa shape index (κ1) is 29.7. The van der Waals surface area contributed by atoms with Crippen LogP contribution in [0, 0.1) is 5.92 Å². The molecule has 0 unspecified atom stereocenters. The summed E-state index contributed by atoms with van der Waals surface area (Å²) < 4.78 is 85.8. The zero-order valence-electron chi connectivity index (χ0n) is 22.2. The summed E-state index contributed by atoms with van der Waals surface area (Å²) in [4.78, 5) is 13.0. The molecule has 43 heavy (non-hydrogen) atoms. The summed E-state index contributed by atoms with van der Waals surface area (Å²) in [5.41, 5.74) is 2.76. The maximum Gasteiger partial charge on any atom is 0.573 e. The third-order valence-corrected chi connectivity index (χ3v) is 6.42. The van der Waals surface area contributed by atoms with Gasteiger partial charge >= 0.3 is 18.6 Å². The Balaban J connectivity index is 1.48. The number of carbonyl (C=O) groups is 1. The molecule has 226 valence electrons. The summed E-state index contributed by atoms with van der Waals surface area (Å²) >= 11 is 0. The smallest absolute Gasteiger partial charge is 0.491 e. The van der Waals surface area contributed by atoms with Crippen LogP contribution in [0.3, 0.4) is 0 Å². The molecule has 3 N–H and O–H groups in total. The molecule has 9 nitrogen and oxygen atoms in total. The minimum Gasteiger partial charge on any atom is -0.491 e. The van der Waals surface area contributed by atoms with E-state index in [1.165, 1.54) is 12.1 Å². The molecule has 15 heteroatoms. The summed E-state index contributed by atoms with van der Waals surface area (Å²) in [7, 11) is 0. The van der Waals surface area contributed by atoms with Gasteiger partial charge < -0.3 is 20.1 Å². The van der Waals surface area contributed by atoms with Gasteiger partial charge in [-0.1, -0.05) is 24.3 Å². The zero-order valence-corrected chi connectivity index (χ0v) is 22.2. The fourth-order valence-electron chi connectivity index (χ4n) is 4.39. The van der Waals surface area contributed by atoms with Crippen LogP contribution in [0.5, 0.6) is 11.5 Å². The van der Waals surface area contributed by atoms with Crippen molar-refractivity contribution in [2.45, 2.75) is 38.2 Å². The van der Waals surface area contributed by atoms with Crippen molar-refractivity contribution in [2.75, 3.05) is 17.2 Å². The van der Waals surface area contributed by atoms with E-state index in [0.717, 1.165) is 25.0 Å². The lowest BCUT2D eigenvalue weighted by Gasteiger charge is -2.20. The van der Waals surface area contributed by atoms with Crippen molar-refractivity contribution in [1.82, 2.24) is 20.6 Å². The van der Waals surface area contributed by atoms with Gasteiger partial charge in [0.05, 0.1) is 18.7 Å². The molecule has 3 aromatic carbocycles. The second-order valence-electron chi connectivity index (χ2n) is 9.81. The largest absolute Gasteiger partial charge is 0.573 e. The van der Waals surface area contributed by atoms with Crippen LogP contribution in [0.2, 0.25) is 0 Å². The molecule has 1 fully saturated rings. The summed E-state index contributed by atoms with van der Waals surface area (Å²) in [5, 5.41) is 19.2. The van der Waals surface area contributed by atoms with E-state index in [2.05, 4.69) is 36.0 Å². The minimum atomic E-state index is -4.87. The highest BCUT2D eigenvalue weighted by atomic mass is 19.4. The molecule has 1 aliphatic carbocycles. The number of hydrogen-bond acceptors (Lipinski definition) is 6. The normalized spacial score (nSPS) is 13.4. The van der Waals surface area contributed by atoms with Gasteiger partial charge in [0.1, 0.15) is 11.5 Å². The molecule has 5 rings (SSSR count). The number of halogens is 6. The van der Waals surface area contributed by atoms with Gasteiger partial charge in [-0.25, -0.2) is 4.79 Å². The van der Waals surface area contributed by atoms with Crippen LogP contribution in [0.1, 0.15) is 24.8 Å². The number of nitrogens with one attached hydrogen (secondary N) is 3. The van der Waals surface area contributed by atoms with Gasteiger partial charge in [0, 0.05) is 11.3 Å². The van der Waals surface area contributed by atoms with E-state index < -0.39 is 37.3 Å². The number of alkyl halides is 6. The van der Waals surface area contributed by atoms with Gasteiger partial charge in [-0.05, 0) is 83.5 Å². The fraction of sp³-hybridized carbons (Fsp3) is 0.286. The highest BCUT2D eigenvalue weighted by molar-refractivity contribution is 6.01. The Morgan fingerprint density at radius 1 is 0.953 bits per heavy atom. The Bertz CT molecular complexity index is 1550. The number of tetrazole rings is 1. The molecule has 0 radical (unpaired) electrons. The average molecular weight is 607 g/mol. The van der Waals surface area contributed by atoms with Crippen molar-refractivity contribution in [2.24, 2.45) is 5.92 Å². The summed E-state index contributed by atoms with van der Waals surface area (Å²) in [6.07, 6.45) is -8.12. The number of urea groups is 1. The molecule has 1 aliphatic rings. The van der Waals surface area contributed by atoms with Crippen molar-refractivity contribution in [1.29, 1.82) is 0 Å². The van der Waals surface area contributed by atoms with Gasteiger partial charge in [-0.3, -0.25) is 0 Å². The van der Waals surface area contributed by atoms with E-state index >= 15 is 0 Å². The molecule has 0 aliphatic heterocycles.